The molecule has 0 radical (unpaired) electrons. The Bertz CT molecular complexity index is 1130. The summed E-state index contributed by atoms with van der Waals surface area (Å²) in [5, 5.41) is 24.7. The van der Waals surface area contributed by atoms with Crippen molar-refractivity contribution in [2.45, 2.75) is 11.8 Å². The number of aliphatic hydroxyl groups is 2. The van der Waals surface area contributed by atoms with E-state index in [9.17, 15) is 10.2 Å². The van der Waals surface area contributed by atoms with Gasteiger partial charge in [0.25, 0.3) is 0 Å². The number of aromatic nitrogens is 4. The Hall–Kier alpha value is -3.88. The number of nitrogens with zero attached hydrogens (tertiary/aromatic N) is 4. The summed E-state index contributed by atoms with van der Waals surface area (Å²) in [4.78, 5) is 18.6. The smallest absolute Gasteiger partial charge is 0.126 e. The molecule has 0 atom stereocenters. The fourth-order valence-corrected chi connectivity index (χ4v) is 4.07. The Balaban J connectivity index is 1.90. The Kier molecular flexibility index (Phi) is 7.75. The van der Waals surface area contributed by atoms with Gasteiger partial charge in [-0.2, -0.15) is 0 Å². The van der Waals surface area contributed by atoms with Crippen molar-refractivity contribution in [3.8, 4) is 0 Å². The van der Waals surface area contributed by atoms with Crippen molar-refractivity contribution >= 4 is 11.6 Å². The van der Waals surface area contributed by atoms with Crippen molar-refractivity contribution in [2.24, 2.45) is 0 Å². The monoisotopic (exact) mass is 456 g/mol. The second-order valence-electron chi connectivity index (χ2n) is 7.79. The van der Waals surface area contributed by atoms with Crippen molar-refractivity contribution in [2.75, 3.05) is 36.9 Å². The van der Waals surface area contributed by atoms with Crippen molar-refractivity contribution in [3.05, 3.63) is 108 Å². The van der Waals surface area contributed by atoms with Crippen LogP contribution in [0.2, 0.25) is 0 Å². The summed E-state index contributed by atoms with van der Waals surface area (Å²) < 4.78 is 0. The molecule has 0 saturated heterocycles. The van der Waals surface area contributed by atoms with Gasteiger partial charge in [0.1, 0.15) is 11.6 Å². The van der Waals surface area contributed by atoms with Crippen LogP contribution in [0, 0.1) is 0 Å². The molecule has 0 aliphatic carbocycles. The van der Waals surface area contributed by atoms with Crippen LogP contribution in [-0.2, 0) is 11.8 Å². The Labute approximate surface area is 198 Å². The molecule has 0 spiro atoms. The molecule has 4 aromatic rings. The fraction of sp³-hybridized carbons (Fsp3) is 0.231. The number of hydrogen-bond donors (Lipinski definition) is 4. The third-order valence-corrected chi connectivity index (χ3v) is 5.58. The molecule has 8 nitrogen and oxygen atoms in total. The summed E-state index contributed by atoms with van der Waals surface area (Å²) >= 11 is 0. The average Bonchev–Trinajstić information content (AvgIpc) is 2.91. The lowest BCUT2D eigenvalue weighted by molar-refractivity contribution is 0.310. The molecule has 8 heteroatoms. The van der Waals surface area contributed by atoms with Crippen LogP contribution in [0.15, 0.2) is 85.5 Å². The first-order valence-electron chi connectivity index (χ1n) is 11.2. The molecule has 34 heavy (non-hydrogen) atoms. The second kappa shape index (κ2) is 11.3. The minimum Gasteiger partial charge on any atom is -0.395 e. The summed E-state index contributed by atoms with van der Waals surface area (Å²) in [7, 11) is 0. The first-order valence-corrected chi connectivity index (χ1v) is 11.2. The normalized spacial score (nSPS) is 11.2. The highest BCUT2D eigenvalue weighted by Crippen LogP contribution is 2.41. The predicted octanol–water partition coefficient (Wildman–Crippen LogP) is 2.65. The fourth-order valence-electron chi connectivity index (χ4n) is 4.07. The lowest BCUT2D eigenvalue weighted by Gasteiger charge is -2.34. The molecule has 0 unspecified atom stereocenters. The highest BCUT2D eigenvalue weighted by molar-refractivity contribution is 5.51. The van der Waals surface area contributed by atoms with Crippen LogP contribution < -0.4 is 10.6 Å². The van der Waals surface area contributed by atoms with Crippen LogP contribution in [0.5, 0.6) is 0 Å². The predicted molar refractivity (Wildman–Crippen MR) is 132 cm³/mol. The maximum atomic E-state index is 9.26. The number of aliphatic hydroxyl groups excluding tert-OH is 2. The van der Waals surface area contributed by atoms with Crippen LogP contribution in [0.25, 0.3) is 0 Å². The molecular weight excluding hydrogens is 428 g/mol. The van der Waals surface area contributed by atoms with Crippen LogP contribution in [0.1, 0.15) is 22.5 Å². The van der Waals surface area contributed by atoms with E-state index in [2.05, 4.69) is 20.6 Å². The van der Waals surface area contributed by atoms with Gasteiger partial charge in [0.2, 0.25) is 0 Å². The number of nitrogens with one attached hydrogen (secondary N) is 2. The Morgan fingerprint density at radius 3 is 1.82 bits per heavy atom. The molecule has 0 fully saturated rings. The zero-order valence-electron chi connectivity index (χ0n) is 18.8. The lowest BCUT2D eigenvalue weighted by Crippen LogP contribution is -2.34. The van der Waals surface area contributed by atoms with Crippen molar-refractivity contribution < 1.29 is 10.2 Å². The van der Waals surface area contributed by atoms with Crippen LogP contribution >= 0.6 is 0 Å². The standard InChI is InChI=1S/C26H28N6O2/c33-15-13-29-24-9-1-7-22(31-24)17-26(20-5-3-11-27-18-20,21-6-4-12-28-19-21)23-8-2-10-25(32-23)30-14-16-34/h1-12,18-19,33-34H,13-17H2,(H,29,31)(H,30,32). The molecule has 4 heterocycles. The van der Waals surface area contributed by atoms with Gasteiger partial charge in [-0.15, -0.1) is 0 Å². The van der Waals surface area contributed by atoms with Crippen LogP contribution in [0.3, 0.4) is 0 Å². The maximum absolute atomic E-state index is 9.26. The SMILES string of the molecule is OCCNc1cccc(CC(c2cccnc2)(c2cccnc2)c2cccc(NCCO)n2)n1. The van der Waals surface area contributed by atoms with Gasteiger partial charge >= 0.3 is 0 Å². The van der Waals surface area contributed by atoms with E-state index in [4.69, 9.17) is 9.97 Å². The molecule has 0 bridgehead atoms. The first-order chi connectivity index (χ1) is 16.8. The molecule has 4 rings (SSSR count). The lowest BCUT2D eigenvalue weighted by atomic mass is 9.69. The van der Waals surface area contributed by atoms with Crippen LogP contribution in [-0.4, -0.2) is 56.5 Å². The number of anilines is 2. The zero-order chi connectivity index (χ0) is 23.6. The van der Waals surface area contributed by atoms with Crippen molar-refractivity contribution in [3.63, 3.8) is 0 Å². The summed E-state index contributed by atoms with van der Waals surface area (Å²) in [5.74, 6) is 1.37. The van der Waals surface area contributed by atoms with E-state index in [-0.39, 0.29) is 13.2 Å². The quantitative estimate of drug-likeness (QED) is 0.272. The molecular formula is C26H28N6O2. The van der Waals surface area contributed by atoms with E-state index >= 15 is 0 Å². The van der Waals surface area contributed by atoms with E-state index in [0.29, 0.717) is 31.1 Å². The molecule has 4 N–H and O–H groups in total. The molecule has 0 aliphatic heterocycles. The van der Waals surface area contributed by atoms with Crippen LogP contribution in [0.4, 0.5) is 11.6 Å². The third kappa shape index (κ3) is 5.19. The third-order valence-electron chi connectivity index (χ3n) is 5.58. The topological polar surface area (TPSA) is 116 Å². The van der Waals surface area contributed by atoms with Gasteiger partial charge in [0.15, 0.2) is 0 Å². The molecule has 0 aliphatic rings. The minimum atomic E-state index is -0.720. The van der Waals surface area contributed by atoms with Gasteiger partial charge in [-0.1, -0.05) is 24.3 Å². The maximum Gasteiger partial charge on any atom is 0.126 e. The first kappa shape index (κ1) is 23.3. The highest BCUT2D eigenvalue weighted by Gasteiger charge is 2.39. The Morgan fingerprint density at radius 1 is 0.676 bits per heavy atom. The second-order valence-corrected chi connectivity index (χ2v) is 7.79. The molecule has 0 aromatic carbocycles. The molecule has 174 valence electrons. The Morgan fingerprint density at radius 2 is 1.26 bits per heavy atom. The van der Waals surface area contributed by atoms with E-state index in [1.807, 2.05) is 73.1 Å². The van der Waals surface area contributed by atoms with E-state index in [0.717, 1.165) is 22.5 Å². The van der Waals surface area contributed by atoms with Gasteiger partial charge in [-0.05, 0) is 47.5 Å². The number of pyridine rings is 4. The van der Waals surface area contributed by atoms with Gasteiger partial charge < -0.3 is 20.8 Å². The van der Waals surface area contributed by atoms with Crippen molar-refractivity contribution in [1.29, 1.82) is 0 Å². The highest BCUT2D eigenvalue weighted by atomic mass is 16.3. The van der Waals surface area contributed by atoms with Crippen molar-refractivity contribution in [1.82, 2.24) is 19.9 Å². The molecule has 0 amide bonds. The van der Waals surface area contributed by atoms with Gasteiger partial charge in [0.05, 0.1) is 24.3 Å². The molecule has 0 saturated carbocycles. The summed E-state index contributed by atoms with van der Waals surface area (Å²) in [6, 6.07) is 19.6. The summed E-state index contributed by atoms with van der Waals surface area (Å²) in [5.41, 5.74) is 2.87. The number of hydrogen-bond acceptors (Lipinski definition) is 8. The van der Waals surface area contributed by atoms with Gasteiger partial charge in [-0.25, -0.2) is 9.97 Å². The summed E-state index contributed by atoms with van der Waals surface area (Å²) in [6.45, 7) is 0.870. The van der Waals surface area contributed by atoms with Gasteiger partial charge in [-0.3, -0.25) is 9.97 Å². The van der Waals surface area contributed by atoms with E-state index < -0.39 is 5.41 Å². The largest absolute Gasteiger partial charge is 0.395 e. The van der Waals surface area contributed by atoms with E-state index in [1.165, 1.54) is 0 Å². The van der Waals surface area contributed by atoms with E-state index in [1.54, 1.807) is 12.4 Å². The zero-order valence-corrected chi connectivity index (χ0v) is 18.8. The number of rotatable bonds is 11. The molecule has 4 aromatic heterocycles. The average molecular weight is 457 g/mol. The van der Waals surface area contributed by atoms with Gasteiger partial charge in [0, 0.05) is 50.0 Å². The minimum absolute atomic E-state index is 0.0137. The summed E-state index contributed by atoms with van der Waals surface area (Å²) in [6.07, 6.45) is 7.73.